The lowest BCUT2D eigenvalue weighted by atomic mass is 10.2. The zero-order valence-electron chi connectivity index (χ0n) is 6.91. The van der Waals surface area contributed by atoms with E-state index in [0.29, 0.717) is 0 Å². The fourth-order valence-electron chi connectivity index (χ4n) is 0.601. The van der Waals surface area contributed by atoms with E-state index in [1.54, 1.807) is 24.3 Å². The maximum absolute atomic E-state index is 8.77. The van der Waals surface area contributed by atoms with E-state index in [9.17, 15) is 0 Å². The number of rotatable bonds is 1. The molecule has 1 rings (SSSR count). The molecule has 0 radical (unpaired) electrons. The third-order valence-corrected chi connectivity index (χ3v) is 1.12. The van der Waals surface area contributed by atoms with Crippen molar-refractivity contribution in [1.82, 2.24) is 0 Å². The third kappa shape index (κ3) is 3.63. The Hall–Kier alpha value is -1.02. The van der Waals surface area contributed by atoms with E-state index in [-0.39, 0.29) is 12.4 Å². The summed E-state index contributed by atoms with van der Waals surface area (Å²) in [6.07, 6.45) is 0. The summed E-state index contributed by atoms with van der Waals surface area (Å²) in [5.74, 6) is 0.229. The molecule has 0 aliphatic heterocycles. The fraction of sp³-hybridized carbons (Fsp3) is 0.333. The molecule has 2 nitrogen and oxygen atoms in total. The summed E-state index contributed by atoms with van der Waals surface area (Å²) >= 11 is 0. The van der Waals surface area contributed by atoms with Crippen LogP contribution < -0.4 is 0 Å². The van der Waals surface area contributed by atoms with Gasteiger partial charge in [0.15, 0.2) is 0 Å². The average Bonchev–Trinajstić information content (AvgIpc) is 2.10. The summed E-state index contributed by atoms with van der Waals surface area (Å²) in [4.78, 5) is 0. The molecule has 0 aliphatic rings. The number of hydrogen-bond donors (Lipinski definition) is 2. The van der Waals surface area contributed by atoms with Crippen LogP contribution in [0.15, 0.2) is 24.3 Å². The molecule has 0 aliphatic carbocycles. The quantitative estimate of drug-likeness (QED) is 0.648. The lowest BCUT2D eigenvalue weighted by Crippen LogP contribution is -1.78. The highest BCUT2D eigenvalue weighted by Gasteiger charge is 1.87. The van der Waals surface area contributed by atoms with E-state index in [1.165, 1.54) is 0 Å². The SMILES string of the molecule is CC.OCc1ccc(O)cc1. The molecule has 0 fully saturated rings. The Labute approximate surface area is 67.1 Å². The van der Waals surface area contributed by atoms with Crippen LogP contribution in [0.4, 0.5) is 0 Å². The van der Waals surface area contributed by atoms with Gasteiger partial charge in [-0.05, 0) is 17.7 Å². The summed E-state index contributed by atoms with van der Waals surface area (Å²) in [7, 11) is 0. The normalized spacial score (nSPS) is 8.27. The summed E-state index contributed by atoms with van der Waals surface area (Å²) in [6, 6.07) is 6.45. The van der Waals surface area contributed by atoms with E-state index < -0.39 is 0 Å². The van der Waals surface area contributed by atoms with Gasteiger partial charge >= 0.3 is 0 Å². The second-order valence-corrected chi connectivity index (χ2v) is 1.82. The molecule has 0 bridgehead atoms. The van der Waals surface area contributed by atoms with Gasteiger partial charge in [-0.15, -0.1) is 0 Å². The minimum atomic E-state index is 0.0281. The van der Waals surface area contributed by atoms with E-state index in [0.717, 1.165) is 5.56 Å². The van der Waals surface area contributed by atoms with Gasteiger partial charge in [-0.25, -0.2) is 0 Å². The van der Waals surface area contributed by atoms with Crippen molar-refractivity contribution in [2.75, 3.05) is 0 Å². The Kier molecular flexibility index (Phi) is 5.21. The van der Waals surface area contributed by atoms with Crippen molar-refractivity contribution in [2.45, 2.75) is 20.5 Å². The van der Waals surface area contributed by atoms with E-state index in [4.69, 9.17) is 10.2 Å². The third-order valence-electron chi connectivity index (χ3n) is 1.12. The Morgan fingerprint density at radius 3 is 1.91 bits per heavy atom. The molecule has 0 saturated heterocycles. The maximum atomic E-state index is 8.77. The van der Waals surface area contributed by atoms with E-state index in [1.807, 2.05) is 13.8 Å². The van der Waals surface area contributed by atoms with Crippen LogP contribution in [0.5, 0.6) is 5.75 Å². The van der Waals surface area contributed by atoms with Crippen LogP contribution in [0.3, 0.4) is 0 Å². The van der Waals surface area contributed by atoms with Crippen LogP contribution in [-0.2, 0) is 6.61 Å². The topological polar surface area (TPSA) is 40.5 Å². The van der Waals surface area contributed by atoms with Gasteiger partial charge in [0.1, 0.15) is 5.75 Å². The minimum Gasteiger partial charge on any atom is -0.508 e. The summed E-state index contributed by atoms with van der Waals surface area (Å²) in [6.45, 7) is 4.03. The number of phenolic OH excluding ortho intramolecular Hbond substituents is 1. The Morgan fingerprint density at radius 2 is 1.55 bits per heavy atom. The average molecular weight is 154 g/mol. The predicted molar refractivity (Wildman–Crippen MR) is 45.4 cm³/mol. The van der Waals surface area contributed by atoms with Gasteiger partial charge in [0.25, 0.3) is 0 Å². The number of aliphatic hydroxyl groups excluding tert-OH is 1. The van der Waals surface area contributed by atoms with Crippen molar-refractivity contribution in [3.05, 3.63) is 29.8 Å². The zero-order valence-corrected chi connectivity index (χ0v) is 6.91. The lowest BCUT2D eigenvalue weighted by molar-refractivity contribution is 0.281. The van der Waals surface area contributed by atoms with Gasteiger partial charge in [-0.1, -0.05) is 26.0 Å². The highest BCUT2D eigenvalue weighted by Crippen LogP contribution is 2.08. The second-order valence-electron chi connectivity index (χ2n) is 1.82. The maximum Gasteiger partial charge on any atom is 0.115 e. The predicted octanol–water partition coefficient (Wildman–Crippen LogP) is 1.91. The zero-order chi connectivity index (χ0) is 8.69. The number of aliphatic hydroxyl groups is 1. The summed E-state index contributed by atoms with van der Waals surface area (Å²) in [5.41, 5.74) is 0.813. The van der Waals surface area contributed by atoms with Gasteiger partial charge in [-0.3, -0.25) is 0 Å². The van der Waals surface area contributed by atoms with Crippen LogP contribution in [-0.4, -0.2) is 10.2 Å². The van der Waals surface area contributed by atoms with Crippen LogP contribution in [0, 0.1) is 0 Å². The van der Waals surface area contributed by atoms with Crippen molar-refractivity contribution in [1.29, 1.82) is 0 Å². The lowest BCUT2D eigenvalue weighted by Gasteiger charge is -1.93. The van der Waals surface area contributed by atoms with Crippen LogP contribution >= 0.6 is 0 Å². The molecule has 2 heteroatoms. The Morgan fingerprint density at radius 1 is 1.09 bits per heavy atom. The molecule has 0 unspecified atom stereocenters. The van der Waals surface area contributed by atoms with Gasteiger partial charge in [-0.2, -0.15) is 0 Å². The molecule has 62 valence electrons. The molecule has 1 aromatic carbocycles. The first-order chi connectivity index (χ1) is 5.33. The fourth-order valence-corrected chi connectivity index (χ4v) is 0.601. The molecule has 0 saturated carbocycles. The van der Waals surface area contributed by atoms with Gasteiger partial charge in [0.05, 0.1) is 6.61 Å². The number of hydrogen-bond acceptors (Lipinski definition) is 2. The molecule has 0 heterocycles. The van der Waals surface area contributed by atoms with Crippen molar-refractivity contribution >= 4 is 0 Å². The molecular formula is C9H14O2. The minimum absolute atomic E-state index is 0.0281. The molecule has 0 spiro atoms. The summed E-state index contributed by atoms with van der Waals surface area (Å²) < 4.78 is 0. The van der Waals surface area contributed by atoms with Crippen LogP contribution in [0.1, 0.15) is 19.4 Å². The van der Waals surface area contributed by atoms with E-state index in [2.05, 4.69) is 0 Å². The van der Waals surface area contributed by atoms with Crippen molar-refractivity contribution < 1.29 is 10.2 Å². The molecular weight excluding hydrogens is 140 g/mol. The number of benzene rings is 1. The van der Waals surface area contributed by atoms with Crippen molar-refractivity contribution in [3.63, 3.8) is 0 Å². The summed E-state index contributed by atoms with van der Waals surface area (Å²) in [5, 5.41) is 17.3. The van der Waals surface area contributed by atoms with Crippen molar-refractivity contribution in [3.8, 4) is 5.75 Å². The first-order valence-corrected chi connectivity index (χ1v) is 3.71. The van der Waals surface area contributed by atoms with Crippen molar-refractivity contribution in [2.24, 2.45) is 0 Å². The van der Waals surface area contributed by atoms with Crippen LogP contribution in [0.2, 0.25) is 0 Å². The van der Waals surface area contributed by atoms with Gasteiger partial charge in [0.2, 0.25) is 0 Å². The monoisotopic (exact) mass is 154 g/mol. The second kappa shape index (κ2) is 5.74. The first-order valence-electron chi connectivity index (χ1n) is 3.71. The van der Waals surface area contributed by atoms with E-state index >= 15 is 0 Å². The van der Waals surface area contributed by atoms with Gasteiger partial charge in [0, 0.05) is 0 Å². The molecule has 0 aromatic heterocycles. The molecule has 2 N–H and O–H groups in total. The standard InChI is InChI=1S/C7H8O2.C2H6/c8-5-6-1-3-7(9)4-2-6;1-2/h1-4,8-9H,5H2;1-2H3. The first kappa shape index (κ1) is 9.98. The Bertz CT molecular complexity index is 179. The molecule has 0 amide bonds. The largest absolute Gasteiger partial charge is 0.508 e. The smallest absolute Gasteiger partial charge is 0.115 e. The molecule has 11 heavy (non-hydrogen) atoms. The highest BCUT2D eigenvalue weighted by molar-refractivity contribution is 5.25. The number of phenols is 1. The van der Waals surface area contributed by atoms with Crippen LogP contribution in [0.25, 0.3) is 0 Å². The molecule has 0 atom stereocenters. The Balaban J connectivity index is 0.000000461. The molecule has 1 aromatic rings. The van der Waals surface area contributed by atoms with Gasteiger partial charge < -0.3 is 10.2 Å². The number of aromatic hydroxyl groups is 1. The highest BCUT2D eigenvalue weighted by atomic mass is 16.3.